The first kappa shape index (κ1) is 27.3. The Morgan fingerprint density at radius 2 is 1.95 bits per heavy atom. The van der Waals surface area contributed by atoms with Crippen molar-refractivity contribution in [3.63, 3.8) is 0 Å². The van der Waals surface area contributed by atoms with Crippen molar-refractivity contribution >= 4 is 17.0 Å². The third kappa shape index (κ3) is 5.28. The number of carbonyl (C=O) groups is 1. The molecule has 0 saturated carbocycles. The minimum Gasteiger partial charge on any atom is -0.494 e. The van der Waals surface area contributed by atoms with Crippen LogP contribution in [0.3, 0.4) is 0 Å². The molecule has 0 amide bonds. The Hall–Kier alpha value is -3.91. The lowest BCUT2D eigenvalue weighted by Gasteiger charge is -2.34. The van der Waals surface area contributed by atoms with Gasteiger partial charge in [0.25, 0.3) is 0 Å². The molecular formula is C33H38N4O4. The average Bonchev–Trinajstić information content (AvgIpc) is 3.51. The fraction of sp³-hybridized carbons (Fsp3) is 0.424. The van der Waals surface area contributed by atoms with E-state index in [1.165, 1.54) is 16.7 Å². The predicted molar refractivity (Wildman–Crippen MR) is 157 cm³/mol. The van der Waals surface area contributed by atoms with Crippen molar-refractivity contribution in [1.29, 1.82) is 0 Å². The number of nitrogens with zero attached hydrogens (tertiary/aromatic N) is 4. The van der Waals surface area contributed by atoms with Gasteiger partial charge in [0, 0.05) is 37.7 Å². The maximum absolute atomic E-state index is 12.9. The summed E-state index contributed by atoms with van der Waals surface area (Å²) in [7, 11) is 3.50. The molecule has 6 rings (SSSR count). The molecule has 41 heavy (non-hydrogen) atoms. The van der Waals surface area contributed by atoms with Crippen molar-refractivity contribution in [3.05, 3.63) is 82.4 Å². The Bertz CT molecular complexity index is 1590. The topological polar surface area (TPSA) is 78.7 Å². The molecule has 2 unspecified atom stereocenters. The highest BCUT2D eigenvalue weighted by Gasteiger charge is 2.36. The number of benzene rings is 3. The first-order valence-corrected chi connectivity index (χ1v) is 14.4. The summed E-state index contributed by atoms with van der Waals surface area (Å²) in [5.41, 5.74) is 7.20. The second kappa shape index (κ2) is 10.8. The van der Waals surface area contributed by atoms with Gasteiger partial charge in [0.15, 0.2) is 0 Å². The fourth-order valence-electron chi connectivity index (χ4n) is 6.59. The quantitative estimate of drug-likeness (QED) is 0.270. The van der Waals surface area contributed by atoms with Gasteiger partial charge < -0.3 is 14.2 Å². The highest BCUT2D eigenvalue weighted by molar-refractivity contribution is 5.83. The molecule has 0 N–H and O–H groups in total. The molecule has 1 aromatic heterocycles. The van der Waals surface area contributed by atoms with Gasteiger partial charge in [-0.25, -0.2) is 4.68 Å². The number of methoxy groups -OCH3 is 1. The van der Waals surface area contributed by atoms with E-state index in [4.69, 9.17) is 14.2 Å². The summed E-state index contributed by atoms with van der Waals surface area (Å²) in [5, 5.41) is 8.54. The minimum atomic E-state index is -0.317. The van der Waals surface area contributed by atoms with Crippen LogP contribution in [0, 0.1) is 0 Å². The van der Waals surface area contributed by atoms with E-state index in [-0.39, 0.29) is 30.0 Å². The normalized spacial score (nSPS) is 18.7. The number of aryl methyl sites for hydroxylation is 2. The van der Waals surface area contributed by atoms with Crippen LogP contribution in [-0.4, -0.2) is 51.7 Å². The molecule has 3 aromatic carbocycles. The van der Waals surface area contributed by atoms with E-state index < -0.39 is 0 Å². The Kier molecular flexibility index (Phi) is 7.20. The molecule has 0 radical (unpaired) electrons. The van der Waals surface area contributed by atoms with E-state index in [0.29, 0.717) is 12.4 Å². The van der Waals surface area contributed by atoms with Gasteiger partial charge in [-0.3, -0.25) is 9.69 Å². The van der Waals surface area contributed by atoms with Gasteiger partial charge in [0.05, 0.1) is 20.1 Å². The number of hydrogen-bond donors (Lipinski definition) is 0. The number of para-hydroxylation sites is 1. The number of hydrogen-bond acceptors (Lipinski definition) is 7. The largest absolute Gasteiger partial charge is 0.494 e. The van der Waals surface area contributed by atoms with Crippen molar-refractivity contribution in [2.24, 2.45) is 7.05 Å². The van der Waals surface area contributed by atoms with E-state index in [2.05, 4.69) is 65.5 Å². The standard InChI is InChI=1S/C33H38N4O4/c1-6-40-31(38)18-25(24-16-27-32(30(17-24)39-5)36(4)35-34-27)22-12-11-21-13-14-28(26(21)15-22)37-19-23-9-7-8-10-29(23)41-33(2,3)20-37/h7-12,15-17,25,28H,6,13-14,18-20H2,1-5H3. The second-order valence-corrected chi connectivity index (χ2v) is 11.8. The minimum absolute atomic E-state index is 0.217. The third-order valence-electron chi connectivity index (χ3n) is 8.36. The zero-order valence-electron chi connectivity index (χ0n) is 24.5. The molecule has 2 heterocycles. The van der Waals surface area contributed by atoms with E-state index in [9.17, 15) is 4.79 Å². The van der Waals surface area contributed by atoms with Crippen LogP contribution in [0.1, 0.15) is 73.4 Å². The van der Waals surface area contributed by atoms with Gasteiger partial charge in [-0.05, 0) is 74.1 Å². The van der Waals surface area contributed by atoms with Crippen LogP contribution in [0.4, 0.5) is 0 Å². The molecule has 8 heteroatoms. The average molecular weight is 555 g/mol. The predicted octanol–water partition coefficient (Wildman–Crippen LogP) is 5.72. The lowest BCUT2D eigenvalue weighted by Crippen LogP contribution is -2.41. The molecule has 214 valence electrons. The van der Waals surface area contributed by atoms with Gasteiger partial charge in [-0.15, -0.1) is 5.10 Å². The zero-order valence-corrected chi connectivity index (χ0v) is 24.5. The summed E-state index contributed by atoms with van der Waals surface area (Å²) in [6.45, 7) is 8.17. The van der Waals surface area contributed by atoms with Crippen LogP contribution in [0.25, 0.3) is 11.0 Å². The van der Waals surface area contributed by atoms with E-state index >= 15 is 0 Å². The van der Waals surface area contributed by atoms with Crippen molar-refractivity contribution in [2.75, 3.05) is 20.3 Å². The smallest absolute Gasteiger partial charge is 0.306 e. The Balaban J connectivity index is 1.40. The third-order valence-corrected chi connectivity index (χ3v) is 8.36. The van der Waals surface area contributed by atoms with E-state index in [1.807, 2.05) is 32.2 Å². The zero-order chi connectivity index (χ0) is 28.7. The summed E-state index contributed by atoms with van der Waals surface area (Å²) in [6, 6.07) is 19.4. The van der Waals surface area contributed by atoms with Gasteiger partial charge >= 0.3 is 5.97 Å². The summed E-state index contributed by atoms with van der Waals surface area (Å²) in [4.78, 5) is 15.5. The van der Waals surface area contributed by atoms with Crippen LogP contribution in [0.5, 0.6) is 11.5 Å². The van der Waals surface area contributed by atoms with Crippen LogP contribution < -0.4 is 9.47 Å². The number of rotatable bonds is 7. The Labute approximate surface area is 241 Å². The van der Waals surface area contributed by atoms with Gasteiger partial charge in [0.2, 0.25) is 0 Å². The van der Waals surface area contributed by atoms with Crippen molar-refractivity contribution in [2.45, 2.75) is 64.1 Å². The van der Waals surface area contributed by atoms with Gasteiger partial charge in [0.1, 0.15) is 28.1 Å². The summed E-state index contributed by atoms with van der Waals surface area (Å²) in [6.07, 6.45) is 2.31. The monoisotopic (exact) mass is 554 g/mol. The fourth-order valence-corrected chi connectivity index (χ4v) is 6.59. The SMILES string of the molecule is CCOC(=O)CC(c1ccc2c(c1)C(N1Cc3ccccc3OC(C)(C)C1)CC2)c1cc(OC)c2c(c1)nnn2C. The summed E-state index contributed by atoms with van der Waals surface area (Å²) in [5.74, 6) is 1.21. The molecule has 2 aliphatic rings. The first-order valence-electron chi connectivity index (χ1n) is 14.4. The molecule has 4 aromatic rings. The molecule has 0 bridgehead atoms. The maximum atomic E-state index is 12.9. The maximum Gasteiger partial charge on any atom is 0.306 e. The number of ether oxygens (including phenoxy) is 3. The Morgan fingerprint density at radius 1 is 1.12 bits per heavy atom. The molecule has 0 fully saturated rings. The van der Waals surface area contributed by atoms with Crippen LogP contribution in [0.15, 0.2) is 54.6 Å². The number of esters is 1. The van der Waals surface area contributed by atoms with Crippen LogP contribution in [0.2, 0.25) is 0 Å². The molecule has 2 atom stereocenters. The lowest BCUT2D eigenvalue weighted by molar-refractivity contribution is -0.143. The molecular weight excluding hydrogens is 516 g/mol. The molecule has 1 aliphatic carbocycles. The van der Waals surface area contributed by atoms with Crippen molar-refractivity contribution in [3.8, 4) is 11.5 Å². The lowest BCUT2D eigenvalue weighted by atomic mass is 9.86. The molecule has 0 spiro atoms. The van der Waals surface area contributed by atoms with Crippen molar-refractivity contribution < 1.29 is 19.0 Å². The summed E-state index contributed by atoms with van der Waals surface area (Å²) < 4.78 is 19.3. The van der Waals surface area contributed by atoms with E-state index in [1.54, 1.807) is 11.8 Å². The number of fused-ring (bicyclic) bond motifs is 3. The number of aromatic nitrogens is 3. The highest BCUT2D eigenvalue weighted by atomic mass is 16.5. The van der Waals surface area contributed by atoms with E-state index in [0.717, 1.165) is 53.8 Å². The first-order chi connectivity index (χ1) is 19.8. The number of carbonyl (C=O) groups excluding carboxylic acids is 1. The van der Waals surface area contributed by atoms with Crippen LogP contribution in [-0.2, 0) is 29.5 Å². The Morgan fingerprint density at radius 3 is 2.76 bits per heavy atom. The molecule has 0 saturated heterocycles. The van der Waals surface area contributed by atoms with Crippen LogP contribution >= 0.6 is 0 Å². The van der Waals surface area contributed by atoms with Gasteiger partial charge in [-0.2, -0.15) is 0 Å². The van der Waals surface area contributed by atoms with Gasteiger partial charge in [-0.1, -0.05) is 41.6 Å². The molecule has 1 aliphatic heterocycles. The summed E-state index contributed by atoms with van der Waals surface area (Å²) >= 11 is 0. The second-order valence-electron chi connectivity index (χ2n) is 11.8. The van der Waals surface area contributed by atoms with Crippen molar-refractivity contribution in [1.82, 2.24) is 19.9 Å². The highest BCUT2D eigenvalue weighted by Crippen LogP contribution is 2.43. The molecule has 8 nitrogen and oxygen atoms in total.